The van der Waals surface area contributed by atoms with E-state index in [-0.39, 0.29) is 17.1 Å². The maximum absolute atomic E-state index is 13.2. The van der Waals surface area contributed by atoms with Gasteiger partial charge >= 0.3 is 5.97 Å². The van der Waals surface area contributed by atoms with Crippen LogP contribution in [0.3, 0.4) is 0 Å². The van der Waals surface area contributed by atoms with E-state index < -0.39 is 0 Å². The zero-order valence-corrected chi connectivity index (χ0v) is 18.9. The molecule has 0 aromatic heterocycles. The molecule has 1 atom stereocenters. The Morgan fingerprint density at radius 1 is 1.00 bits per heavy atom. The lowest BCUT2D eigenvalue weighted by molar-refractivity contribution is -0.141. The third-order valence-electron chi connectivity index (χ3n) is 4.28. The minimum Gasteiger partial charge on any atom is -0.479 e. The van der Waals surface area contributed by atoms with Gasteiger partial charge < -0.3 is 14.4 Å². The summed E-state index contributed by atoms with van der Waals surface area (Å²) in [4.78, 5) is 26.1. The van der Waals surface area contributed by atoms with Crippen molar-refractivity contribution in [2.24, 2.45) is 0 Å². The van der Waals surface area contributed by atoms with Crippen LogP contribution in [0.2, 0.25) is 0 Å². The number of benzene rings is 2. The number of anilines is 1. The summed E-state index contributed by atoms with van der Waals surface area (Å²) in [5.74, 6) is -0.366. The molecule has 2 rings (SSSR count). The SMILES string of the molecule is CCOC(=S)SC(CCOC(C)=O)CCN(C(=O)c1ccccc1)c1ccccc1. The highest BCUT2D eigenvalue weighted by atomic mass is 32.2. The molecule has 0 spiro atoms. The van der Waals surface area contributed by atoms with Crippen LogP contribution in [0.5, 0.6) is 0 Å². The highest BCUT2D eigenvalue weighted by Gasteiger charge is 2.21. The Balaban J connectivity index is 2.13. The van der Waals surface area contributed by atoms with E-state index in [9.17, 15) is 9.59 Å². The largest absolute Gasteiger partial charge is 0.479 e. The van der Waals surface area contributed by atoms with Gasteiger partial charge in [0.1, 0.15) is 0 Å². The lowest BCUT2D eigenvalue weighted by Crippen LogP contribution is -2.33. The topological polar surface area (TPSA) is 55.8 Å². The summed E-state index contributed by atoms with van der Waals surface area (Å²) < 4.78 is 11.0. The van der Waals surface area contributed by atoms with Gasteiger partial charge in [0, 0.05) is 30.0 Å². The van der Waals surface area contributed by atoms with Crippen molar-refractivity contribution in [2.75, 3.05) is 24.7 Å². The number of hydrogen-bond donors (Lipinski definition) is 0. The summed E-state index contributed by atoms with van der Waals surface area (Å²) in [5, 5.41) is 0.0539. The van der Waals surface area contributed by atoms with Crippen molar-refractivity contribution in [1.29, 1.82) is 0 Å². The zero-order chi connectivity index (χ0) is 21.8. The van der Waals surface area contributed by atoms with Crippen molar-refractivity contribution in [1.82, 2.24) is 0 Å². The summed E-state index contributed by atoms with van der Waals surface area (Å²) in [6.07, 6.45) is 1.30. The predicted octanol–water partition coefficient (Wildman–Crippen LogP) is 5.10. The Morgan fingerprint density at radius 3 is 2.23 bits per heavy atom. The fourth-order valence-corrected chi connectivity index (χ4v) is 4.27. The highest BCUT2D eigenvalue weighted by Crippen LogP contribution is 2.24. The van der Waals surface area contributed by atoms with E-state index >= 15 is 0 Å². The van der Waals surface area contributed by atoms with Crippen molar-refractivity contribution in [2.45, 2.75) is 31.9 Å². The molecule has 1 unspecified atom stereocenters. The molecule has 2 aromatic carbocycles. The molecule has 1 amide bonds. The van der Waals surface area contributed by atoms with Crippen LogP contribution in [0, 0.1) is 0 Å². The average Bonchev–Trinajstić information content (AvgIpc) is 2.75. The van der Waals surface area contributed by atoms with E-state index in [1.54, 1.807) is 4.90 Å². The molecule has 0 heterocycles. The Hall–Kier alpha value is -2.38. The van der Waals surface area contributed by atoms with Crippen LogP contribution in [-0.2, 0) is 14.3 Å². The van der Waals surface area contributed by atoms with Crippen LogP contribution in [0.4, 0.5) is 5.69 Å². The van der Waals surface area contributed by atoms with E-state index in [1.807, 2.05) is 67.6 Å². The number of ether oxygens (including phenoxy) is 2. The molecule has 0 N–H and O–H groups in total. The first-order chi connectivity index (χ1) is 14.5. The zero-order valence-electron chi connectivity index (χ0n) is 17.3. The monoisotopic (exact) mass is 445 g/mol. The number of nitrogens with zero attached hydrogens (tertiary/aromatic N) is 1. The number of thioether (sulfide) groups is 1. The first-order valence-corrected chi connectivity index (χ1v) is 11.2. The Morgan fingerprint density at radius 2 is 1.63 bits per heavy atom. The molecule has 0 fully saturated rings. The lowest BCUT2D eigenvalue weighted by atomic mass is 10.1. The van der Waals surface area contributed by atoms with Crippen molar-refractivity contribution in [3.63, 3.8) is 0 Å². The van der Waals surface area contributed by atoms with Gasteiger partial charge in [-0.15, -0.1) is 0 Å². The van der Waals surface area contributed by atoms with Gasteiger partial charge in [-0.2, -0.15) is 0 Å². The Kier molecular flexibility index (Phi) is 10.4. The molecule has 0 aliphatic carbocycles. The molecule has 0 saturated carbocycles. The van der Waals surface area contributed by atoms with Gasteiger partial charge in [-0.05, 0) is 56.2 Å². The summed E-state index contributed by atoms with van der Waals surface area (Å²) in [6, 6.07) is 18.8. The quantitative estimate of drug-likeness (QED) is 0.375. The second-order valence-corrected chi connectivity index (χ2v) is 8.40. The van der Waals surface area contributed by atoms with Crippen LogP contribution < -0.4 is 4.90 Å². The van der Waals surface area contributed by atoms with E-state index in [1.165, 1.54) is 18.7 Å². The maximum atomic E-state index is 13.2. The van der Waals surface area contributed by atoms with Crippen molar-refractivity contribution in [3.8, 4) is 0 Å². The standard InChI is InChI=1S/C23H27NO4S2/c1-3-27-23(29)30-21(15-17-28-18(2)25)14-16-24(20-12-8-5-9-13-20)22(26)19-10-6-4-7-11-19/h4-13,21H,3,14-17H2,1-2H3. The number of amides is 1. The molecular weight excluding hydrogens is 418 g/mol. The molecular formula is C23H27NO4S2. The number of carbonyl (C=O) groups is 2. The molecule has 0 aliphatic heterocycles. The average molecular weight is 446 g/mol. The van der Waals surface area contributed by atoms with Crippen molar-refractivity contribution < 1.29 is 19.1 Å². The number of esters is 1. The minimum atomic E-state index is -0.309. The fraction of sp³-hybridized carbons (Fsp3) is 0.348. The van der Waals surface area contributed by atoms with Gasteiger partial charge in [-0.1, -0.05) is 48.2 Å². The normalized spacial score (nSPS) is 11.4. The smallest absolute Gasteiger partial charge is 0.302 e. The minimum absolute atomic E-state index is 0.0539. The number of carbonyl (C=O) groups excluding carboxylic acids is 2. The van der Waals surface area contributed by atoms with Crippen LogP contribution in [0.1, 0.15) is 37.0 Å². The summed E-state index contributed by atoms with van der Waals surface area (Å²) in [7, 11) is 0. The van der Waals surface area contributed by atoms with E-state index in [0.717, 1.165) is 5.69 Å². The van der Waals surface area contributed by atoms with Crippen LogP contribution >= 0.6 is 24.0 Å². The van der Waals surface area contributed by atoms with Crippen molar-refractivity contribution in [3.05, 3.63) is 66.2 Å². The number of rotatable bonds is 10. The van der Waals surface area contributed by atoms with Gasteiger partial charge in [-0.25, -0.2) is 0 Å². The van der Waals surface area contributed by atoms with E-state index in [0.29, 0.717) is 42.5 Å². The molecule has 160 valence electrons. The maximum Gasteiger partial charge on any atom is 0.302 e. The molecule has 30 heavy (non-hydrogen) atoms. The van der Waals surface area contributed by atoms with Crippen molar-refractivity contribution >= 4 is 45.9 Å². The summed E-state index contributed by atoms with van der Waals surface area (Å²) in [6.45, 7) is 4.59. The summed E-state index contributed by atoms with van der Waals surface area (Å²) >= 11 is 6.73. The number of thiocarbonyl (C=S) groups is 1. The third kappa shape index (κ3) is 8.16. The molecule has 0 saturated heterocycles. The molecule has 7 heteroatoms. The molecule has 0 aliphatic rings. The van der Waals surface area contributed by atoms with Crippen LogP contribution in [-0.4, -0.2) is 41.3 Å². The second-order valence-electron chi connectivity index (χ2n) is 6.50. The van der Waals surface area contributed by atoms with Gasteiger partial charge in [0.15, 0.2) is 0 Å². The molecule has 2 aromatic rings. The predicted molar refractivity (Wildman–Crippen MR) is 126 cm³/mol. The third-order valence-corrected chi connectivity index (χ3v) is 5.80. The number of para-hydroxylation sites is 1. The Bertz CT molecular complexity index is 814. The van der Waals surface area contributed by atoms with Crippen LogP contribution in [0.25, 0.3) is 0 Å². The lowest BCUT2D eigenvalue weighted by Gasteiger charge is -2.25. The molecule has 0 radical (unpaired) electrons. The first-order valence-electron chi connectivity index (χ1n) is 9.90. The van der Waals surface area contributed by atoms with Gasteiger partial charge in [-0.3, -0.25) is 9.59 Å². The molecule has 5 nitrogen and oxygen atoms in total. The summed E-state index contributed by atoms with van der Waals surface area (Å²) in [5.41, 5.74) is 1.47. The molecule has 0 bridgehead atoms. The van der Waals surface area contributed by atoms with Gasteiger partial charge in [0.05, 0.1) is 13.2 Å². The highest BCUT2D eigenvalue weighted by molar-refractivity contribution is 8.23. The first kappa shape index (κ1) is 23.9. The van der Waals surface area contributed by atoms with Gasteiger partial charge in [0.2, 0.25) is 4.38 Å². The van der Waals surface area contributed by atoms with Gasteiger partial charge in [0.25, 0.3) is 5.91 Å². The number of hydrogen-bond acceptors (Lipinski definition) is 6. The Labute approximate surface area is 187 Å². The van der Waals surface area contributed by atoms with E-state index in [4.69, 9.17) is 21.7 Å². The second kappa shape index (κ2) is 13.0. The van der Waals surface area contributed by atoms with Crippen LogP contribution in [0.15, 0.2) is 60.7 Å². The van der Waals surface area contributed by atoms with E-state index in [2.05, 4.69) is 0 Å². The fourth-order valence-electron chi connectivity index (χ4n) is 2.85.